The van der Waals surface area contributed by atoms with E-state index in [0.29, 0.717) is 0 Å². The van der Waals surface area contributed by atoms with Gasteiger partial charge in [0.15, 0.2) is 18.2 Å². The van der Waals surface area contributed by atoms with Crippen LogP contribution in [0.5, 0.6) is 23.0 Å². The van der Waals surface area contributed by atoms with Crippen molar-refractivity contribution in [2.24, 2.45) is 0 Å². The maximum atomic E-state index is 12.9. The smallest absolute Gasteiger partial charge is 0.238 e. The average Bonchev–Trinajstić information content (AvgIpc) is 2.98. The van der Waals surface area contributed by atoms with Crippen LogP contribution in [0.15, 0.2) is 45.6 Å². The lowest BCUT2D eigenvalue weighted by molar-refractivity contribution is -0.357. The van der Waals surface area contributed by atoms with Gasteiger partial charge in [-0.25, -0.2) is 0 Å². The van der Waals surface area contributed by atoms with Crippen LogP contribution < -0.4 is 10.2 Å². The zero-order chi connectivity index (χ0) is 31.2. The van der Waals surface area contributed by atoms with Crippen LogP contribution in [0.4, 0.5) is 0 Å². The lowest BCUT2D eigenvalue weighted by Gasteiger charge is -2.45. The highest BCUT2D eigenvalue weighted by molar-refractivity contribution is 5.88. The molecule has 10 atom stereocenters. The molecule has 2 aliphatic rings. The number of hydrogen-bond acceptors (Lipinski definition) is 16. The largest absolute Gasteiger partial charge is 0.508 e. The van der Waals surface area contributed by atoms with Crippen molar-refractivity contribution < 1.29 is 74.4 Å². The van der Waals surface area contributed by atoms with Gasteiger partial charge in [-0.15, -0.1) is 0 Å². The molecule has 0 spiro atoms. The summed E-state index contributed by atoms with van der Waals surface area (Å²) in [6.45, 7) is -1.55. The van der Waals surface area contributed by atoms with E-state index in [2.05, 4.69) is 0 Å². The molecule has 2 saturated heterocycles. The van der Waals surface area contributed by atoms with Gasteiger partial charge in [-0.05, 0) is 24.3 Å². The second-order valence-electron chi connectivity index (χ2n) is 10.1. The average molecular weight is 611 g/mol. The van der Waals surface area contributed by atoms with Crippen LogP contribution in [0.3, 0.4) is 0 Å². The van der Waals surface area contributed by atoms with Gasteiger partial charge in [0.1, 0.15) is 70.9 Å². The quantitative estimate of drug-likeness (QED) is 0.133. The first kappa shape index (κ1) is 30.9. The zero-order valence-electron chi connectivity index (χ0n) is 22.1. The van der Waals surface area contributed by atoms with Gasteiger partial charge in [-0.1, -0.05) is 0 Å². The minimum atomic E-state index is -1.89. The molecule has 3 heterocycles. The van der Waals surface area contributed by atoms with Crippen molar-refractivity contribution >= 4 is 11.0 Å². The van der Waals surface area contributed by atoms with E-state index in [1.165, 1.54) is 24.3 Å². The Labute approximate surface area is 241 Å². The van der Waals surface area contributed by atoms with Crippen molar-refractivity contribution in [3.05, 3.63) is 46.6 Å². The Morgan fingerprint density at radius 1 is 0.744 bits per heavy atom. The molecule has 0 bridgehead atoms. The summed E-state index contributed by atoms with van der Waals surface area (Å²) in [5, 5.41) is 101. The Balaban J connectivity index is 1.50. The molecule has 5 rings (SSSR count). The number of phenols is 2. The fourth-order valence-corrected chi connectivity index (χ4v) is 4.91. The van der Waals surface area contributed by atoms with Gasteiger partial charge in [-0.3, -0.25) is 4.79 Å². The highest BCUT2D eigenvalue weighted by Gasteiger charge is 2.51. The summed E-state index contributed by atoms with van der Waals surface area (Å²) >= 11 is 0. The molecule has 0 unspecified atom stereocenters. The van der Waals surface area contributed by atoms with Crippen LogP contribution in [0.25, 0.3) is 22.3 Å². The first-order chi connectivity index (χ1) is 20.4. The summed E-state index contributed by atoms with van der Waals surface area (Å²) in [5.74, 6) is -2.11. The lowest BCUT2D eigenvalue weighted by atomic mass is 9.97. The molecule has 0 radical (unpaired) electrons. The van der Waals surface area contributed by atoms with Crippen molar-refractivity contribution in [3.63, 3.8) is 0 Å². The number of ether oxygens (including phenoxy) is 4. The zero-order valence-corrected chi connectivity index (χ0v) is 22.1. The monoisotopic (exact) mass is 610 g/mol. The van der Waals surface area contributed by atoms with Crippen LogP contribution in [0.2, 0.25) is 0 Å². The van der Waals surface area contributed by atoms with Gasteiger partial charge in [0.25, 0.3) is 0 Å². The minimum absolute atomic E-state index is 0.0823. The van der Waals surface area contributed by atoms with Crippen LogP contribution >= 0.6 is 0 Å². The molecule has 0 aliphatic carbocycles. The fourth-order valence-electron chi connectivity index (χ4n) is 4.91. The van der Waals surface area contributed by atoms with E-state index < -0.39 is 96.9 Å². The fraction of sp³-hybridized carbons (Fsp3) is 0.444. The molecule has 2 aliphatic heterocycles. The third kappa shape index (κ3) is 5.73. The molecule has 10 N–H and O–H groups in total. The molecule has 43 heavy (non-hydrogen) atoms. The maximum absolute atomic E-state index is 12.9. The predicted molar refractivity (Wildman–Crippen MR) is 140 cm³/mol. The molecule has 2 fully saturated rings. The SMILES string of the molecule is O=c1c(O)c(-c2ccc(O)cc2)oc2cc(O[C@@H]3O[C@H](CO)[C@H](O)[C@H](O)[C@H]3O[C@@H]3O[C@H](CO)[C@@H](O)[C@H](O)[C@H]3O)cc(O)c12. The molecule has 1 aromatic heterocycles. The molecule has 16 nitrogen and oxygen atoms in total. The number of benzene rings is 2. The molecule has 3 aromatic rings. The lowest BCUT2D eigenvalue weighted by Crippen LogP contribution is -2.65. The van der Waals surface area contributed by atoms with Crippen molar-refractivity contribution in [1.82, 2.24) is 0 Å². The number of aliphatic hydroxyl groups excluding tert-OH is 7. The first-order valence-corrected chi connectivity index (χ1v) is 13.0. The van der Waals surface area contributed by atoms with E-state index in [4.69, 9.17) is 23.4 Å². The minimum Gasteiger partial charge on any atom is -0.508 e. The maximum Gasteiger partial charge on any atom is 0.238 e. The number of fused-ring (bicyclic) bond motifs is 1. The number of aromatic hydroxyl groups is 3. The Morgan fingerprint density at radius 2 is 1.35 bits per heavy atom. The Hall–Kier alpha value is -3.55. The number of rotatable bonds is 7. The molecular formula is C27H30O16. The summed E-state index contributed by atoms with van der Waals surface area (Å²) in [4.78, 5) is 12.9. The van der Waals surface area contributed by atoms with Gasteiger partial charge in [0.2, 0.25) is 17.5 Å². The summed E-state index contributed by atoms with van der Waals surface area (Å²) in [6, 6.07) is 7.43. The molecule has 234 valence electrons. The van der Waals surface area contributed by atoms with E-state index in [1.54, 1.807) is 0 Å². The second kappa shape index (κ2) is 12.2. The van der Waals surface area contributed by atoms with Crippen LogP contribution in [0, 0.1) is 0 Å². The predicted octanol–water partition coefficient (Wildman–Crippen LogP) is -2.42. The van der Waals surface area contributed by atoms with Crippen LogP contribution in [0.1, 0.15) is 0 Å². The standard InChI is InChI=1S/C27H30O16/c28-7-14-17(32)20(35)23(38)26(41-14)43-25-21(36)18(33)15(8-29)42-27(25)39-11-5-12(31)16-13(6-11)40-24(22(37)19(16)34)9-1-3-10(30)4-2-9/h1-6,14-15,17-18,20-21,23,25-33,35-38H,7-8H2/t14-,15-,17-,18+,20+,21+,23-,25-,26+,27-/m1/s1. The van der Waals surface area contributed by atoms with Gasteiger partial charge in [-0.2, -0.15) is 0 Å². The number of aliphatic hydroxyl groups is 7. The summed E-state index contributed by atoms with van der Waals surface area (Å²) < 4.78 is 28.0. The van der Waals surface area contributed by atoms with Crippen LogP contribution in [-0.2, 0) is 14.2 Å². The van der Waals surface area contributed by atoms with Crippen molar-refractivity contribution in [2.75, 3.05) is 13.2 Å². The number of hydrogen-bond donors (Lipinski definition) is 10. The van der Waals surface area contributed by atoms with Crippen molar-refractivity contribution in [2.45, 2.75) is 61.4 Å². The van der Waals surface area contributed by atoms with E-state index >= 15 is 0 Å². The van der Waals surface area contributed by atoms with E-state index in [0.717, 1.165) is 12.1 Å². The van der Waals surface area contributed by atoms with Gasteiger partial charge in [0.05, 0.1) is 13.2 Å². The van der Waals surface area contributed by atoms with Gasteiger partial charge >= 0.3 is 0 Å². The van der Waals surface area contributed by atoms with Gasteiger partial charge in [0, 0.05) is 17.7 Å². The highest BCUT2D eigenvalue weighted by Crippen LogP contribution is 2.37. The molecule has 0 saturated carbocycles. The molecule has 0 amide bonds. The van der Waals surface area contributed by atoms with E-state index in [-0.39, 0.29) is 28.4 Å². The summed E-state index contributed by atoms with van der Waals surface area (Å²) in [5.41, 5.74) is -1.03. The summed E-state index contributed by atoms with van der Waals surface area (Å²) in [6.07, 6.45) is -17.0. The van der Waals surface area contributed by atoms with Gasteiger partial charge < -0.3 is 74.4 Å². The Bertz CT molecular complexity index is 1490. The van der Waals surface area contributed by atoms with Crippen molar-refractivity contribution in [1.29, 1.82) is 0 Å². The third-order valence-corrected chi connectivity index (χ3v) is 7.27. The highest BCUT2D eigenvalue weighted by atomic mass is 16.8. The second-order valence-corrected chi connectivity index (χ2v) is 10.1. The Morgan fingerprint density at radius 3 is 1.98 bits per heavy atom. The third-order valence-electron chi connectivity index (χ3n) is 7.27. The molecule has 2 aromatic carbocycles. The molecule has 16 heteroatoms. The van der Waals surface area contributed by atoms with E-state index in [9.17, 15) is 55.9 Å². The Kier molecular flexibility index (Phi) is 8.77. The first-order valence-electron chi connectivity index (χ1n) is 13.0. The van der Waals surface area contributed by atoms with E-state index in [1.807, 2.05) is 0 Å². The molecular weight excluding hydrogens is 580 g/mol. The summed E-state index contributed by atoms with van der Waals surface area (Å²) in [7, 11) is 0. The van der Waals surface area contributed by atoms with Crippen molar-refractivity contribution in [3.8, 4) is 34.3 Å². The number of phenolic OH excluding ortho intramolecular Hbond substituents is 2. The van der Waals surface area contributed by atoms with Crippen LogP contribution in [-0.4, -0.2) is 126 Å². The normalized spacial score (nSPS) is 33.0. The topological polar surface area (TPSA) is 269 Å².